The highest BCUT2D eigenvalue weighted by molar-refractivity contribution is 14.1. The van der Waals surface area contributed by atoms with Crippen LogP contribution in [0.25, 0.3) is 11.0 Å². The molecule has 0 unspecified atom stereocenters. The molecule has 1 saturated heterocycles. The van der Waals surface area contributed by atoms with Crippen molar-refractivity contribution in [2.24, 2.45) is 5.92 Å². The minimum absolute atomic E-state index is 0.0776. The van der Waals surface area contributed by atoms with Crippen molar-refractivity contribution in [3.63, 3.8) is 0 Å². The van der Waals surface area contributed by atoms with Gasteiger partial charge < -0.3 is 4.42 Å². The lowest BCUT2D eigenvalue weighted by Crippen LogP contribution is -2.33. The molecule has 1 aromatic heterocycles. The smallest absolute Gasteiger partial charge is 0.206 e. The van der Waals surface area contributed by atoms with Crippen molar-refractivity contribution in [3.05, 3.63) is 43.3 Å². The lowest BCUT2D eigenvalue weighted by atomic mass is 9.99. The molecule has 4 heteroatoms. The molecule has 112 valence electrons. The average molecular weight is 397 g/mol. The minimum atomic E-state index is 0.0776. The SMILES string of the molecule is Cc1cc(CN2CCC[C@H](C)C2)cc2c(=O)c(I)coc12. The summed E-state index contributed by atoms with van der Waals surface area (Å²) < 4.78 is 6.24. The van der Waals surface area contributed by atoms with Gasteiger partial charge in [-0.25, -0.2) is 0 Å². The Morgan fingerprint density at radius 3 is 3.00 bits per heavy atom. The predicted molar refractivity (Wildman–Crippen MR) is 93.6 cm³/mol. The summed E-state index contributed by atoms with van der Waals surface area (Å²) in [5, 5.41) is 0.710. The molecule has 0 radical (unpaired) electrons. The summed E-state index contributed by atoms with van der Waals surface area (Å²) in [7, 11) is 0. The molecule has 0 saturated carbocycles. The van der Waals surface area contributed by atoms with Gasteiger partial charge in [-0.15, -0.1) is 0 Å². The van der Waals surface area contributed by atoms with E-state index in [1.54, 1.807) is 6.26 Å². The number of hydrogen-bond donors (Lipinski definition) is 0. The number of benzene rings is 1. The molecule has 0 N–H and O–H groups in total. The standard InChI is InChI=1S/C17H20INO2/c1-11-4-3-5-19(8-11)9-13-6-12(2)17-14(7-13)16(20)15(18)10-21-17/h6-7,10-11H,3-5,8-9H2,1-2H3/t11-/m0/s1. The molecule has 0 bridgehead atoms. The van der Waals surface area contributed by atoms with Crippen molar-refractivity contribution in [3.8, 4) is 0 Å². The lowest BCUT2D eigenvalue weighted by Gasteiger charge is -2.30. The highest BCUT2D eigenvalue weighted by Gasteiger charge is 2.17. The van der Waals surface area contributed by atoms with Gasteiger partial charge in [-0.3, -0.25) is 9.69 Å². The van der Waals surface area contributed by atoms with Crippen LogP contribution in [0.4, 0.5) is 0 Å². The molecule has 2 heterocycles. The molecule has 1 aliphatic rings. The van der Waals surface area contributed by atoms with Gasteiger partial charge in [0.2, 0.25) is 5.43 Å². The normalized spacial score (nSPS) is 20.0. The maximum absolute atomic E-state index is 12.3. The third-order valence-corrected chi connectivity index (χ3v) is 4.97. The first-order valence-corrected chi connectivity index (χ1v) is 8.55. The topological polar surface area (TPSA) is 33.5 Å². The van der Waals surface area contributed by atoms with Gasteiger partial charge in [0, 0.05) is 13.1 Å². The summed E-state index contributed by atoms with van der Waals surface area (Å²) in [4.78, 5) is 14.8. The zero-order chi connectivity index (χ0) is 15.0. The quantitative estimate of drug-likeness (QED) is 0.720. The second-order valence-electron chi connectivity index (χ2n) is 6.18. The lowest BCUT2D eigenvalue weighted by molar-refractivity contribution is 0.176. The number of fused-ring (bicyclic) bond motifs is 1. The summed E-state index contributed by atoms with van der Waals surface area (Å²) in [6.07, 6.45) is 4.15. The van der Waals surface area contributed by atoms with E-state index in [1.165, 1.54) is 18.4 Å². The first kappa shape index (κ1) is 15.0. The fraction of sp³-hybridized carbons (Fsp3) is 0.471. The molecule has 3 rings (SSSR count). The van der Waals surface area contributed by atoms with Crippen molar-refractivity contribution >= 4 is 33.6 Å². The average Bonchev–Trinajstić information content (AvgIpc) is 2.43. The van der Waals surface area contributed by atoms with Gasteiger partial charge in [0.25, 0.3) is 0 Å². The molecule has 1 aliphatic heterocycles. The Balaban J connectivity index is 1.96. The largest absolute Gasteiger partial charge is 0.463 e. The van der Waals surface area contributed by atoms with Gasteiger partial charge in [0.05, 0.1) is 8.96 Å². The summed E-state index contributed by atoms with van der Waals surface area (Å²) in [6.45, 7) is 7.56. The Hall–Kier alpha value is -0.880. The van der Waals surface area contributed by atoms with E-state index in [4.69, 9.17) is 4.42 Å². The fourth-order valence-electron chi connectivity index (χ4n) is 3.25. The molecule has 21 heavy (non-hydrogen) atoms. The maximum Gasteiger partial charge on any atom is 0.206 e. The molecule has 0 amide bonds. The summed E-state index contributed by atoms with van der Waals surface area (Å²) >= 11 is 2.04. The second kappa shape index (κ2) is 6.08. The molecule has 2 aromatic rings. The zero-order valence-corrected chi connectivity index (χ0v) is 14.6. The summed E-state index contributed by atoms with van der Waals surface area (Å²) in [5.41, 5.74) is 3.05. The van der Waals surface area contributed by atoms with Crippen LogP contribution in [-0.4, -0.2) is 18.0 Å². The number of aryl methyl sites for hydroxylation is 1. The van der Waals surface area contributed by atoms with Crippen LogP contribution >= 0.6 is 22.6 Å². The molecule has 1 aromatic carbocycles. The van der Waals surface area contributed by atoms with E-state index in [2.05, 4.69) is 17.9 Å². The number of nitrogens with zero attached hydrogens (tertiary/aromatic N) is 1. The van der Waals surface area contributed by atoms with Gasteiger partial charge in [-0.1, -0.05) is 13.0 Å². The van der Waals surface area contributed by atoms with Crippen LogP contribution < -0.4 is 5.43 Å². The molecule has 3 nitrogen and oxygen atoms in total. The predicted octanol–water partition coefficient (Wildman–Crippen LogP) is 3.94. The fourth-order valence-corrected chi connectivity index (χ4v) is 3.66. The Bertz CT molecular complexity index is 723. The van der Waals surface area contributed by atoms with Crippen LogP contribution in [-0.2, 0) is 6.54 Å². The van der Waals surface area contributed by atoms with Crippen molar-refractivity contribution in [2.75, 3.05) is 13.1 Å². The first-order valence-electron chi connectivity index (χ1n) is 7.47. The Morgan fingerprint density at radius 1 is 1.43 bits per heavy atom. The van der Waals surface area contributed by atoms with E-state index in [0.717, 1.165) is 36.7 Å². The van der Waals surface area contributed by atoms with E-state index in [0.29, 0.717) is 8.96 Å². The number of halogens is 1. The number of piperidine rings is 1. The van der Waals surface area contributed by atoms with Gasteiger partial charge in [0.15, 0.2) is 0 Å². The third-order valence-electron chi connectivity index (χ3n) is 4.22. The van der Waals surface area contributed by atoms with E-state index < -0.39 is 0 Å². The Kier molecular flexibility index (Phi) is 4.36. The number of likely N-dealkylation sites (tertiary alicyclic amines) is 1. The highest BCUT2D eigenvalue weighted by Crippen LogP contribution is 2.22. The van der Waals surface area contributed by atoms with E-state index in [-0.39, 0.29) is 5.43 Å². The van der Waals surface area contributed by atoms with Crippen LogP contribution in [0.2, 0.25) is 0 Å². The van der Waals surface area contributed by atoms with Gasteiger partial charge in [-0.05, 0) is 72.0 Å². The Labute approximate surface area is 138 Å². The highest BCUT2D eigenvalue weighted by atomic mass is 127. The minimum Gasteiger partial charge on any atom is -0.463 e. The molecular formula is C17H20INO2. The number of rotatable bonds is 2. The first-order chi connectivity index (χ1) is 10.0. The molecule has 0 aliphatic carbocycles. The van der Waals surface area contributed by atoms with Crippen LogP contribution in [0.1, 0.15) is 30.9 Å². The van der Waals surface area contributed by atoms with Crippen LogP contribution in [0.3, 0.4) is 0 Å². The van der Waals surface area contributed by atoms with Crippen LogP contribution in [0.15, 0.2) is 27.6 Å². The van der Waals surface area contributed by atoms with Crippen LogP contribution in [0, 0.1) is 16.4 Å². The van der Waals surface area contributed by atoms with E-state index in [1.807, 2.05) is 35.6 Å². The third kappa shape index (κ3) is 3.16. The summed E-state index contributed by atoms with van der Waals surface area (Å²) in [5.74, 6) is 0.770. The maximum atomic E-state index is 12.3. The molecular weight excluding hydrogens is 377 g/mol. The van der Waals surface area contributed by atoms with Gasteiger partial charge in [-0.2, -0.15) is 0 Å². The van der Waals surface area contributed by atoms with Crippen molar-refractivity contribution in [1.29, 1.82) is 0 Å². The van der Waals surface area contributed by atoms with E-state index >= 15 is 0 Å². The molecule has 1 atom stereocenters. The van der Waals surface area contributed by atoms with Crippen LogP contribution in [0.5, 0.6) is 0 Å². The van der Waals surface area contributed by atoms with Crippen molar-refractivity contribution in [2.45, 2.75) is 33.2 Å². The number of hydrogen-bond acceptors (Lipinski definition) is 3. The Morgan fingerprint density at radius 2 is 2.24 bits per heavy atom. The molecule has 0 spiro atoms. The van der Waals surface area contributed by atoms with Gasteiger partial charge in [0.1, 0.15) is 11.8 Å². The monoisotopic (exact) mass is 397 g/mol. The summed E-state index contributed by atoms with van der Waals surface area (Å²) in [6, 6.07) is 4.16. The van der Waals surface area contributed by atoms with Crippen molar-refractivity contribution in [1.82, 2.24) is 4.90 Å². The van der Waals surface area contributed by atoms with Crippen molar-refractivity contribution < 1.29 is 4.42 Å². The molecule has 1 fully saturated rings. The second-order valence-corrected chi connectivity index (χ2v) is 7.35. The zero-order valence-electron chi connectivity index (χ0n) is 12.5. The van der Waals surface area contributed by atoms with Gasteiger partial charge >= 0.3 is 0 Å². The van der Waals surface area contributed by atoms with E-state index in [9.17, 15) is 4.79 Å².